The molecular formula is C24H23F9O. The molecule has 0 atom stereocenters. The van der Waals surface area contributed by atoms with Gasteiger partial charge in [0.2, 0.25) is 0 Å². The fraction of sp³-hybridized carbons (Fsp3) is 0.500. The maximum Gasteiger partial charge on any atom is 0.432 e. The van der Waals surface area contributed by atoms with Crippen molar-refractivity contribution in [3.05, 3.63) is 64.2 Å². The molecule has 1 nitrogen and oxygen atoms in total. The van der Waals surface area contributed by atoms with E-state index in [0.717, 1.165) is 44.2 Å². The molecular weight excluding hydrogens is 475 g/mol. The van der Waals surface area contributed by atoms with Gasteiger partial charge in [-0.1, -0.05) is 39.0 Å². The number of hydrogen-bond donors (Lipinski definition) is 0. The number of hydrogen-bond acceptors (Lipinski definition) is 1. The zero-order chi connectivity index (χ0) is 25.3. The van der Waals surface area contributed by atoms with Gasteiger partial charge >= 0.3 is 12.3 Å². The minimum Gasteiger partial charge on any atom is -0.429 e. The summed E-state index contributed by atoms with van der Waals surface area (Å²) in [6, 6.07) is 1.22. The molecule has 0 radical (unpaired) electrons. The van der Waals surface area contributed by atoms with Gasteiger partial charge < -0.3 is 4.74 Å². The third-order valence-electron chi connectivity index (χ3n) is 6.32. The zero-order valence-electron chi connectivity index (χ0n) is 18.2. The van der Waals surface area contributed by atoms with Gasteiger partial charge in [-0.25, -0.2) is 17.6 Å². The lowest BCUT2D eigenvalue weighted by Crippen LogP contribution is -2.26. The molecule has 0 aliphatic heterocycles. The molecule has 0 spiro atoms. The van der Waals surface area contributed by atoms with E-state index in [2.05, 4.69) is 11.7 Å². The summed E-state index contributed by atoms with van der Waals surface area (Å²) in [6.07, 6.45) is -3.99. The number of halogens is 9. The first-order valence-electron chi connectivity index (χ1n) is 10.9. The van der Waals surface area contributed by atoms with Crippen LogP contribution in [0.15, 0.2) is 24.3 Å². The van der Waals surface area contributed by atoms with Crippen LogP contribution in [0.2, 0.25) is 0 Å². The van der Waals surface area contributed by atoms with E-state index in [9.17, 15) is 39.5 Å². The molecule has 10 heteroatoms. The first kappa shape index (κ1) is 26.2. The van der Waals surface area contributed by atoms with Crippen LogP contribution in [-0.2, 0) is 18.7 Å². The van der Waals surface area contributed by atoms with Gasteiger partial charge in [0.1, 0.15) is 40.1 Å². The van der Waals surface area contributed by atoms with Crippen LogP contribution in [0.4, 0.5) is 39.5 Å². The van der Waals surface area contributed by atoms with Crippen molar-refractivity contribution in [2.75, 3.05) is 0 Å². The highest BCUT2D eigenvalue weighted by Gasteiger charge is 2.43. The number of aryl methyl sites for hydroxylation is 1. The molecule has 0 N–H and O–H groups in total. The minimum absolute atomic E-state index is 0.128. The van der Waals surface area contributed by atoms with Gasteiger partial charge in [-0.05, 0) is 42.4 Å². The van der Waals surface area contributed by atoms with E-state index < -0.39 is 52.4 Å². The molecule has 2 aromatic rings. The monoisotopic (exact) mass is 498 g/mol. The SMILES string of the molecule is CCC1CCC(CCc2cc(F)c(C(F)(F)Oc3cc(F)c(C(F)(F)F)c(F)c3)c(F)c2)CC1. The second-order valence-corrected chi connectivity index (χ2v) is 8.65. The van der Waals surface area contributed by atoms with Gasteiger partial charge in [-0.15, -0.1) is 0 Å². The Labute approximate surface area is 190 Å². The van der Waals surface area contributed by atoms with Gasteiger partial charge in [0.05, 0.1) is 0 Å². The molecule has 0 heterocycles. The van der Waals surface area contributed by atoms with Gasteiger partial charge in [-0.3, -0.25) is 0 Å². The van der Waals surface area contributed by atoms with Crippen LogP contribution in [-0.4, -0.2) is 0 Å². The van der Waals surface area contributed by atoms with E-state index in [1.807, 2.05) is 0 Å². The highest BCUT2D eigenvalue weighted by atomic mass is 19.4. The van der Waals surface area contributed by atoms with Crippen molar-refractivity contribution in [2.45, 2.75) is 64.2 Å². The Morgan fingerprint density at radius 3 is 1.68 bits per heavy atom. The van der Waals surface area contributed by atoms with Gasteiger partial charge in [-0.2, -0.15) is 22.0 Å². The van der Waals surface area contributed by atoms with Crippen molar-refractivity contribution < 1.29 is 44.3 Å². The third kappa shape index (κ3) is 5.99. The fourth-order valence-electron chi connectivity index (χ4n) is 4.43. The fourth-order valence-corrected chi connectivity index (χ4v) is 4.43. The molecule has 2 aromatic carbocycles. The molecule has 0 unspecified atom stereocenters. The number of benzene rings is 2. The Bertz CT molecular complexity index is 962. The third-order valence-corrected chi connectivity index (χ3v) is 6.32. The van der Waals surface area contributed by atoms with Crippen LogP contribution in [0.1, 0.15) is 62.1 Å². The summed E-state index contributed by atoms with van der Waals surface area (Å²) in [7, 11) is 0. The summed E-state index contributed by atoms with van der Waals surface area (Å²) in [5.41, 5.74) is -3.94. The number of alkyl halides is 5. The van der Waals surface area contributed by atoms with E-state index in [4.69, 9.17) is 0 Å². The van der Waals surface area contributed by atoms with Crippen LogP contribution >= 0.6 is 0 Å². The Morgan fingerprint density at radius 2 is 1.21 bits per heavy atom. The maximum absolute atomic E-state index is 14.5. The second kappa shape index (κ2) is 10.1. The number of rotatable bonds is 7. The molecule has 0 aromatic heterocycles. The van der Waals surface area contributed by atoms with Crippen molar-refractivity contribution in [3.8, 4) is 5.75 Å². The molecule has 188 valence electrons. The normalized spacial score (nSPS) is 19.4. The van der Waals surface area contributed by atoms with Crippen molar-refractivity contribution in [1.29, 1.82) is 0 Å². The van der Waals surface area contributed by atoms with Gasteiger partial charge in [0.15, 0.2) is 0 Å². The summed E-state index contributed by atoms with van der Waals surface area (Å²) in [6.45, 7) is 2.13. The summed E-state index contributed by atoms with van der Waals surface area (Å²) in [5, 5.41) is 0. The number of ether oxygens (including phenoxy) is 1. The molecule has 1 aliphatic rings. The molecule has 34 heavy (non-hydrogen) atoms. The molecule has 1 fully saturated rings. The van der Waals surface area contributed by atoms with Crippen LogP contribution < -0.4 is 4.74 Å². The average Bonchev–Trinajstić information content (AvgIpc) is 2.70. The quantitative estimate of drug-likeness (QED) is 0.348. The molecule has 0 saturated heterocycles. The maximum atomic E-state index is 14.5. The van der Waals surface area contributed by atoms with Crippen molar-refractivity contribution in [2.24, 2.45) is 11.8 Å². The summed E-state index contributed by atoms with van der Waals surface area (Å²) < 4.78 is 127. The topological polar surface area (TPSA) is 9.23 Å². The van der Waals surface area contributed by atoms with Gasteiger partial charge in [0, 0.05) is 12.1 Å². The van der Waals surface area contributed by atoms with E-state index in [0.29, 0.717) is 18.3 Å². The van der Waals surface area contributed by atoms with Crippen molar-refractivity contribution in [1.82, 2.24) is 0 Å². The lowest BCUT2D eigenvalue weighted by atomic mass is 9.78. The second-order valence-electron chi connectivity index (χ2n) is 8.65. The van der Waals surface area contributed by atoms with Crippen molar-refractivity contribution in [3.63, 3.8) is 0 Å². The van der Waals surface area contributed by atoms with E-state index >= 15 is 0 Å². The predicted molar refractivity (Wildman–Crippen MR) is 106 cm³/mol. The van der Waals surface area contributed by atoms with Crippen LogP contribution in [0.5, 0.6) is 5.75 Å². The van der Waals surface area contributed by atoms with E-state index in [1.54, 1.807) is 0 Å². The lowest BCUT2D eigenvalue weighted by molar-refractivity contribution is -0.189. The Balaban J connectivity index is 1.75. The standard InChI is InChI=1S/C24H23F9O/c1-2-13-3-5-14(6-4-13)7-8-15-9-17(25)22(18(26)10-15)24(32,33)34-16-11-19(27)21(20(28)12-16)23(29,30)31/h9-14H,2-8H2,1H3. The largest absolute Gasteiger partial charge is 0.432 e. The Kier molecular flexibility index (Phi) is 7.77. The van der Waals surface area contributed by atoms with E-state index in [1.165, 1.54) is 0 Å². The minimum atomic E-state index is -5.42. The zero-order valence-corrected chi connectivity index (χ0v) is 18.2. The highest BCUT2D eigenvalue weighted by Crippen LogP contribution is 2.40. The van der Waals surface area contributed by atoms with Crippen LogP contribution in [0.25, 0.3) is 0 Å². The van der Waals surface area contributed by atoms with Crippen LogP contribution in [0.3, 0.4) is 0 Å². The summed E-state index contributed by atoms with van der Waals surface area (Å²) in [5.74, 6) is -7.99. The van der Waals surface area contributed by atoms with Gasteiger partial charge in [0.25, 0.3) is 0 Å². The molecule has 0 bridgehead atoms. The highest BCUT2D eigenvalue weighted by molar-refractivity contribution is 5.34. The first-order valence-corrected chi connectivity index (χ1v) is 10.9. The van der Waals surface area contributed by atoms with E-state index in [-0.39, 0.29) is 24.1 Å². The van der Waals surface area contributed by atoms with Crippen molar-refractivity contribution >= 4 is 0 Å². The molecule has 1 aliphatic carbocycles. The first-order chi connectivity index (χ1) is 15.8. The predicted octanol–water partition coefficient (Wildman–Crippen LogP) is 8.54. The Morgan fingerprint density at radius 1 is 0.735 bits per heavy atom. The molecule has 0 amide bonds. The molecule has 1 saturated carbocycles. The summed E-state index contributed by atoms with van der Waals surface area (Å²) >= 11 is 0. The average molecular weight is 498 g/mol. The lowest BCUT2D eigenvalue weighted by Gasteiger charge is -2.27. The van der Waals surface area contributed by atoms with Crippen LogP contribution in [0, 0.1) is 35.1 Å². The smallest absolute Gasteiger partial charge is 0.429 e. The summed E-state index contributed by atoms with van der Waals surface area (Å²) in [4.78, 5) is 0. The Hall–Kier alpha value is -2.39. The molecule has 3 rings (SSSR count).